The average Bonchev–Trinajstić information content (AvgIpc) is 2.79. The van der Waals surface area contributed by atoms with E-state index in [0.717, 1.165) is 50.1 Å². The Hall–Kier alpha value is -2.44. The van der Waals surface area contributed by atoms with Crippen LogP contribution < -0.4 is 4.90 Å². The number of anilines is 1. The Balaban J connectivity index is 1.72. The number of benzene rings is 2. The van der Waals surface area contributed by atoms with Gasteiger partial charge in [0.2, 0.25) is 0 Å². The van der Waals surface area contributed by atoms with E-state index in [1.807, 2.05) is 24.3 Å². The van der Waals surface area contributed by atoms with E-state index in [1.165, 1.54) is 18.4 Å². The fourth-order valence-corrected chi connectivity index (χ4v) is 4.81. The first-order chi connectivity index (χ1) is 14.7. The van der Waals surface area contributed by atoms with E-state index in [0.29, 0.717) is 12.6 Å². The first-order valence-corrected chi connectivity index (χ1v) is 11.1. The van der Waals surface area contributed by atoms with Gasteiger partial charge >= 0.3 is 0 Å². The van der Waals surface area contributed by atoms with Crippen LogP contribution in [0.3, 0.4) is 0 Å². The standard InChI is InChI=1S/C24H31N3O3/c1-2-20-11-6-7-15-26(20)23-13-12-21(27(28)29)17-22(23)24-25(14-8-16-30-24)18-19-9-4-3-5-10-19/h3-5,9-10,12-13,17,20,24H,2,6-8,11,14-16,18H2,1H3. The topological polar surface area (TPSA) is 58.9 Å². The highest BCUT2D eigenvalue weighted by Crippen LogP contribution is 2.39. The fourth-order valence-electron chi connectivity index (χ4n) is 4.81. The number of nitrogens with zero attached hydrogens (tertiary/aromatic N) is 3. The molecule has 2 fully saturated rings. The van der Waals surface area contributed by atoms with Crippen LogP contribution in [0.25, 0.3) is 0 Å². The number of ether oxygens (including phenoxy) is 1. The van der Waals surface area contributed by atoms with Crippen LogP contribution in [-0.2, 0) is 11.3 Å². The van der Waals surface area contributed by atoms with Crippen LogP contribution in [0.5, 0.6) is 0 Å². The van der Waals surface area contributed by atoms with Crippen molar-refractivity contribution in [3.8, 4) is 0 Å². The molecule has 2 aromatic carbocycles. The zero-order valence-corrected chi connectivity index (χ0v) is 17.7. The molecule has 2 saturated heterocycles. The quantitative estimate of drug-likeness (QED) is 0.480. The maximum atomic E-state index is 11.6. The van der Waals surface area contributed by atoms with E-state index in [4.69, 9.17) is 4.74 Å². The summed E-state index contributed by atoms with van der Waals surface area (Å²) in [5.41, 5.74) is 3.38. The molecule has 2 aliphatic rings. The second-order valence-electron chi connectivity index (χ2n) is 8.28. The number of piperidine rings is 1. The monoisotopic (exact) mass is 409 g/mol. The van der Waals surface area contributed by atoms with E-state index < -0.39 is 0 Å². The molecule has 2 atom stereocenters. The Morgan fingerprint density at radius 2 is 1.93 bits per heavy atom. The van der Waals surface area contributed by atoms with Crippen molar-refractivity contribution in [3.05, 3.63) is 69.8 Å². The fraction of sp³-hybridized carbons (Fsp3) is 0.500. The third-order valence-electron chi connectivity index (χ3n) is 6.32. The van der Waals surface area contributed by atoms with E-state index in [9.17, 15) is 10.1 Å². The molecule has 2 unspecified atom stereocenters. The maximum Gasteiger partial charge on any atom is 0.270 e. The van der Waals surface area contributed by atoms with Gasteiger partial charge in [0.25, 0.3) is 5.69 Å². The van der Waals surface area contributed by atoms with Gasteiger partial charge in [-0.25, -0.2) is 0 Å². The van der Waals surface area contributed by atoms with Crippen LogP contribution in [0.15, 0.2) is 48.5 Å². The number of non-ortho nitro benzene ring substituents is 1. The number of nitro groups is 1. The number of hydrogen-bond acceptors (Lipinski definition) is 5. The van der Waals surface area contributed by atoms with E-state index in [1.54, 1.807) is 12.1 Å². The molecule has 2 aliphatic heterocycles. The van der Waals surface area contributed by atoms with Gasteiger partial charge in [0, 0.05) is 49.1 Å². The highest BCUT2D eigenvalue weighted by Gasteiger charge is 2.32. The van der Waals surface area contributed by atoms with Crippen LogP contribution in [0.2, 0.25) is 0 Å². The second-order valence-corrected chi connectivity index (χ2v) is 8.28. The highest BCUT2D eigenvalue weighted by atomic mass is 16.6. The second kappa shape index (κ2) is 9.58. The lowest BCUT2D eigenvalue weighted by atomic mass is 9.97. The predicted molar refractivity (Wildman–Crippen MR) is 119 cm³/mol. The molecule has 0 amide bonds. The highest BCUT2D eigenvalue weighted by molar-refractivity contribution is 5.60. The molecule has 0 saturated carbocycles. The summed E-state index contributed by atoms with van der Waals surface area (Å²) in [6.45, 7) is 5.58. The van der Waals surface area contributed by atoms with Gasteiger partial charge in [-0.1, -0.05) is 37.3 Å². The van der Waals surface area contributed by atoms with E-state index >= 15 is 0 Å². The Kier molecular flexibility index (Phi) is 6.65. The van der Waals surface area contributed by atoms with E-state index in [-0.39, 0.29) is 16.8 Å². The van der Waals surface area contributed by atoms with Gasteiger partial charge in [0.05, 0.1) is 11.5 Å². The lowest BCUT2D eigenvalue weighted by Gasteiger charge is -2.42. The van der Waals surface area contributed by atoms with Crippen LogP contribution >= 0.6 is 0 Å². The maximum absolute atomic E-state index is 11.6. The summed E-state index contributed by atoms with van der Waals surface area (Å²) in [7, 11) is 0. The number of nitro benzene ring substituents is 1. The molecule has 160 valence electrons. The smallest absolute Gasteiger partial charge is 0.270 e. The molecular formula is C24H31N3O3. The summed E-state index contributed by atoms with van der Waals surface area (Å²) in [5.74, 6) is 0. The van der Waals surface area contributed by atoms with Crippen molar-refractivity contribution in [2.45, 2.75) is 57.8 Å². The van der Waals surface area contributed by atoms with Crippen molar-refractivity contribution in [1.29, 1.82) is 0 Å². The molecule has 30 heavy (non-hydrogen) atoms. The van der Waals surface area contributed by atoms with Gasteiger partial charge in [-0.2, -0.15) is 0 Å². The van der Waals surface area contributed by atoms with Gasteiger partial charge in [0.1, 0.15) is 6.23 Å². The van der Waals surface area contributed by atoms with Crippen molar-refractivity contribution in [2.24, 2.45) is 0 Å². The summed E-state index contributed by atoms with van der Waals surface area (Å²) >= 11 is 0. The lowest BCUT2D eigenvalue weighted by molar-refractivity contribution is -0.385. The zero-order chi connectivity index (χ0) is 20.9. The average molecular weight is 410 g/mol. The summed E-state index contributed by atoms with van der Waals surface area (Å²) in [6, 6.07) is 16.2. The van der Waals surface area contributed by atoms with Crippen LogP contribution in [0.1, 0.15) is 56.4 Å². The molecule has 0 spiro atoms. The SMILES string of the molecule is CCC1CCCCN1c1ccc([N+](=O)[O-])cc1C1OCCCN1Cc1ccccc1. The van der Waals surface area contributed by atoms with Gasteiger partial charge in [-0.3, -0.25) is 15.0 Å². The Bertz CT molecular complexity index is 858. The molecule has 0 aliphatic carbocycles. The van der Waals surface area contributed by atoms with Gasteiger partial charge in [0.15, 0.2) is 0 Å². The molecule has 0 N–H and O–H groups in total. The van der Waals surface area contributed by atoms with Crippen molar-refractivity contribution in [2.75, 3.05) is 24.6 Å². The van der Waals surface area contributed by atoms with Crippen molar-refractivity contribution in [3.63, 3.8) is 0 Å². The van der Waals surface area contributed by atoms with Gasteiger partial charge in [-0.15, -0.1) is 0 Å². The molecule has 6 heteroatoms. The molecule has 4 rings (SSSR count). The molecule has 0 radical (unpaired) electrons. The molecule has 2 heterocycles. The Morgan fingerprint density at radius 3 is 2.70 bits per heavy atom. The minimum atomic E-state index is -0.300. The molecule has 2 aromatic rings. The zero-order valence-electron chi connectivity index (χ0n) is 17.7. The van der Waals surface area contributed by atoms with Crippen LogP contribution in [0, 0.1) is 10.1 Å². The first kappa shape index (κ1) is 20.8. The minimum Gasteiger partial charge on any atom is -0.368 e. The Labute approximate surface area is 178 Å². The van der Waals surface area contributed by atoms with Crippen LogP contribution in [-0.4, -0.2) is 35.6 Å². The van der Waals surface area contributed by atoms with Gasteiger partial charge in [-0.05, 0) is 43.7 Å². The predicted octanol–water partition coefficient (Wildman–Crippen LogP) is 5.28. The molecular weight excluding hydrogens is 378 g/mol. The first-order valence-electron chi connectivity index (χ1n) is 11.1. The molecule has 6 nitrogen and oxygen atoms in total. The third kappa shape index (κ3) is 4.50. The van der Waals surface area contributed by atoms with Crippen LogP contribution in [0.4, 0.5) is 11.4 Å². The van der Waals surface area contributed by atoms with E-state index in [2.05, 4.69) is 28.9 Å². The summed E-state index contributed by atoms with van der Waals surface area (Å²) in [5, 5.41) is 11.6. The summed E-state index contributed by atoms with van der Waals surface area (Å²) in [6.07, 6.45) is 5.36. The number of rotatable bonds is 6. The third-order valence-corrected chi connectivity index (χ3v) is 6.32. The normalized spacial score (nSPS) is 22.8. The molecule has 0 bridgehead atoms. The largest absolute Gasteiger partial charge is 0.368 e. The number of hydrogen-bond donors (Lipinski definition) is 0. The van der Waals surface area contributed by atoms with Crippen molar-refractivity contribution in [1.82, 2.24) is 4.90 Å². The van der Waals surface area contributed by atoms with Crippen molar-refractivity contribution < 1.29 is 9.66 Å². The summed E-state index contributed by atoms with van der Waals surface area (Å²) in [4.78, 5) is 16.0. The van der Waals surface area contributed by atoms with Gasteiger partial charge < -0.3 is 9.64 Å². The van der Waals surface area contributed by atoms with Crippen molar-refractivity contribution >= 4 is 11.4 Å². The summed E-state index contributed by atoms with van der Waals surface area (Å²) < 4.78 is 6.26. The Morgan fingerprint density at radius 1 is 1.10 bits per heavy atom. The minimum absolute atomic E-state index is 0.132. The lowest BCUT2D eigenvalue weighted by Crippen LogP contribution is -2.42. The molecule has 0 aromatic heterocycles.